The number of carbonyl (C=O) groups excluding carboxylic acids is 2. The summed E-state index contributed by atoms with van der Waals surface area (Å²) in [4.78, 5) is 35.3. The van der Waals surface area contributed by atoms with E-state index in [-0.39, 0.29) is 23.5 Å². The Morgan fingerprint density at radius 1 is 1.30 bits per heavy atom. The quantitative estimate of drug-likeness (QED) is 0.254. The average Bonchev–Trinajstić information content (AvgIpc) is 2.52. The molecule has 7 nitrogen and oxygen atoms in total. The van der Waals surface area contributed by atoms with Crippen molar-refractivity contribution in [2.24, 2.45) is 0 Å². The Bertz CT molecular complexity index is 859. The van der Waals surface area contributed by atoms with Crippen molar-refractivity contribution < 1.29 is 19.2 Å². The highest BCUT2D eigenvalue weighted by Crippen LogP contribution is 2.39. The van der Waals surface area contributed by atoms with Crippen LogP contribution in [0.3, 0.4) is 0 Å². The molecular weight excluding hydrogens is 368 g/mol. The lowest BCUT2D eigenvalue weighted by molar-refractivity contribution is -0.431. The van der Waals surface area contributed by atoms with Crippen LogP contribution in [-0.4, -0.2) is 22.1 Å². The molecular formula is C19H22N2O5S. The van der Waals surface area contributed by atoms with E-state index in [2.05, 4.69) is 17.9 Å². The van der Waals surface area contributed by atoms with Gasteiger partial charge in [0, 0.05) is 5.70 Å². The first-order valence-corrected chi connectivity index (χ1v) is 8.91. The number of hydrogen-bond acceptors (Lipinski definition) is 7. The molecule has 1 N–H and O–H groups in total. The van der Waals surface area contributed by atoms with Crippen LogP contribution in [0.5, 0.6) is 0 Å². The highest BCUT2D eigenvalue weighted by Gasteiger charge is 2.41. The number of allylic oxidation sites excluding steroid dienone is 3. The number of benzene rings is 1. The van der Waals surface area contributed by atoms with Gasteiger partial charge >= 0.3 is 5.97 Å². The minimum atomic E-state index is -0.917. The van der Waals surface area contributed by atoms with Crippen LogP contribution in [0, 0.1) is 17.0 Å². The van der Waals surface area contributed by atoms with E-state index in [4.69, 9.17) is 4.74 Å². The normalized spacial score (nSPS) is 18.0. The minimum Gasteiger partial charge on any atom is -0.448 e. The highest BCUT2D eigenvalue weighted by molar-refractivity contribution is 7.80. The number of ketones is 1. The lowest BCUT2D eigenvalue weighted by Crippen LogP contribution is -2.32. The number of nitrogens with one attached hydrogen (secondary N) is 1. The molecule has 27 heavy (non-hydrogen) atoms. The summed E-state index contributed by atoms with van der Waals surface area (Å²) in [6.45, 7) is 6.51. The first-order chi connectivity index (χ1) is 12.6. The van der Waals surface area contributed by atoms with Crippen LogP contribution in [0.1, 0.15) is 44.2 Å². The summed E-state index contributed by atoms with van der Waals surface area (Å²) in [5.41, 5.74) is 1.49. The zero-order valence-electron chi connectivity index (χ0n) is 15.6. The molecule has 0 amide bonds. The number of ether oxygens (including phenoxy) is 1. The topological polar surface area (TPSA) is 98.5 Å². The second kappa shape index (κ2) is 8.39. The van der Waals surface area contributed by atoms with E-state index in [0.29, 0.717) is 17.0 Å². The second-order valence-electron chi connectivity index (χ2n) is 6.54. The van der Waals surface area contributed by atoms with Gasteiger partial charge in [-0.3, -0.25) is 14.9 Å². The number of carbonyl (C=O) groups is 2. The largest absolute Gasteiger partial charge is 0.448 e. The molecule has 1 aliphatic rings. The van der Waals surface area contributed by atoms with Gasteiger partial charge in [0.1, 0.15) is 11.7 Å². The molecule has 144 valence electrons. The van der Waals surface area contributed by atoms with Gasteiger partial charge in [0.15, 0.2) is 5.44 Å². The van der Waals surface area contributed by atoms with Crippen molar-refractivity contribution in [3.63, 3.8) is 0 Å². The van der Waals surface area contributed by atoms with Crippen LogP contribution < -0.4 is 5.32 Å². The van der Waals surface area contributed by atoms with Gasteiger partial charge in [-0.15, -0.1) is 12.6 Å². The predicted molar refractivity (Wildman–Crippen MR) is 104 cm³/mol. The van der Waals surface area contributed by atoms with E-state index >= 15 is 0 Å². The fourth-order valence-corrected chi connectivity index (χ4v) is 3.50. The summed E-state index contributed by atoms with van der Waals surface area (Å²) in [5.74, 6) is -1.79. The van der Waals surface area contributed by atoms with Crippen molar-refractivity contribution in [1.29, 1.82) is 0 Å². The standard InChI is InChI=1S/C19H22N2O5S/c1-10-6-5-7-14(8-10)17-16(19(23)26-15(27)9-11(2)22)12(3)20-13(4)18(17)21(24)25/h5-8,15,17,20,27H,9H2,1-4H3. The first-order valence-electron chi connectivity index (χ1n) is 8.39. The summed E-state index contributed by atoms with van der Waals surface area (Å²) in [6, 6.07) is 7.21. The Morgan fingerprint density at radius 2 is 1.96 bits per heavy atom. The van der Waals surface area contributed by atoms with Crippen molar-refractivity contribution in [2.45, 2.75) is 45.5 Å². The molecule has 2 atom stereocenters. The number of nitro groups is 1. The van der Waals surface area contributed by atoms with Gasteiger partial charge in [-0.25, -0.2) is 4.79 Å². The third-order valence-corrected chi connectivity index (χ3v) is 4.51. The van der Waals surface area contributed by atoms with Gasteiger partial charge in [-0.2, -0.15) is 0 Å². The van der Waals surface area contributed by atoms with Crippen LogP contribution in [0.15, 0.2) is 46.9 Å². The average molecular weight is 390 g/mol. The minimum absolute atomic E-state index is 0.0410. The Morgan fingerprint density at radius 3 is 2.52 bits per heavy atom. The number of hydrogen-bond donors (Lipinski definition) is 2. The molecule has 0 radical (unpaired) electrons. The monoisotopic (exact) mass is 390 g/mol. The van der Waals surface area contributed by atoms with Gasteiger partial charge in [0.25, 0.3) is 5.70 Å². The molecule has 0 saturated heterocycles. The third kappa shape index (κ3) is 4.77. The van der Waals surface area contributed by atoms with Crippen LogP contribution in [0.4, 0.5) is 0 Å². The number of esters is 1. The van der Waals surface area contributed by atoms with E-state index in [1.807, 2.05) is 13.0 Å². The van der Waals surface area contributed by atoms with Gasteiger partial charge in [-0.05, 0) is 33.3 Å². The van der Waals surface area contributed by atoms with E-state index in [0.717, 1.165) is 5.56 Å². The molecule has 0 aromatic heterocycles. The van der Waals surface area contributed by atoms with Gasteiger partial charge < -0.3 is 10.1 Å². The zero-order valence-corrected chi connectivity index (χ0v) is 16.5. The summed E-state index contributed by atoms with van der Waals surface area (Å²) in [6.07, 6.45) is -0.0410. The van der Waals surface area contributed by atoms with Crippen LogP contribution >= 0.6 is 12.6 Å². The van der Waals surface area contributed by atoms with E-state index in [1.165, 1.54) is 6.92 Å². The summed E-state index contributed by atoms with van der Waals surface area (Å²) < 4.78 is 5.28. The fourth-order valence-electron chi connectivity index (χ4n) is 3.14. The summed E-state index contributed by atoms with van der Waals surface area (Å²) >= 11 is 4.12. The lowest BCUT2D eigenvalue weighted by atomic mass is 9.83. The van der Waals surface area contributed by atoms with E-state index in [9.17, 15) is 19.7 Å². The van der Waals surface area contributed by atoms with Crippen molar-refractivity contribution in [3.8, 4) is 0 Å². The van der Waals surface area contributed by atoms with Crippen LogP contribution in [0.25, 0.3) is 0 Å². The van der Waals surface area contributed by atoms with Crippen molar-refractivity contribution >= 4 is 24.4 Å². The van der Waals surface area contributed by atoms with Gasteiger partial charge in [-0.1, -0.05) is 29.8 Å². The second-order valence-corrected chi connectivity index (χ2v) is 7.12. The molecule has 1 aliphatic heterocycles. The van der Waals surface area contributed by atoms with Crippen molar-refractivity contribution in [1.82, 2.24) is 5.32 Å². The molecule has 0 saturated carbocycles. The first kappa shape index (κ1) is 20.7. The number of nitrogens with zero attached hydrogens (tertiary/aromatic N) is 1. The van der Waals surface area contributed by atoms with Gasteiger partial charge in [0.2, 0.25) is 0 Å². The molecule has 1 heterocycles. The maximum atomic E-state index is 12.8. The smallest absolute Gasteiger partial charge is 0.338 e. The lowest BCUT2D eigenvalue weighted by Gasteiger charge is -2.27. The Labute approximate surface area is 163 Å². The van der Waals surface area contributed by atoms with E-state index in [1.54, 1.807) is 32.0 Å². The molecule has 1 aromatic carbocycles. The molecule has 1 aromatic rings. The molecule has 2 unspecified atom stereocenters. The third-order valence-electron chi connectivity index (χ3n) is 4.22. The highest BCUT2D eigenvalue weighted by atomic mass is 32.1. The fraction of sp³-hybridized carbons (Fsp3) is 0.368. The SMILES string of the molecule is CC(=O)CC(S)OC(=O)C1=C(C)NC(C)=C([N+](=O)[O-])C1c1cccc(C)c1. The predicted octanol–water partition coefficient (Wildman–Crippen LogP) is 3.24. The Kier molecular flexibility index (Phi) is 6.43. The Hall–Kier alpha value is -2.61. The molecule has 0 aliphatic carbocycles. The van der Waals surface area contributed by atoms with Crippen molar-refractivity contribution in [3.05, 3.63) is 68.2 Å². The number of aryl methyl sites for hydroxylation is 1. The number of thiol groups is 1. The van der Waals surface area contributed by atoms with Crippen LogP contribution in [-0.2, 0) is 14.3 Å². The molecule has 0 fully saturated rings. The maximum Gasteiger partial charge on any atom is 0.338 e. The van der Waals surface area contributed by atoms with Gasteiger partial charge in [0.05, 0.1) is 22.6 Å². The molecule has 8 heteroatoms. The Balaban J connectivity index is 2.52. The number of rotatable bonds is 6. The number of dihydropyridines is 1. The number of Topliss-reactive ketones (excluding diaryl/α,β-unsaturated/α-hetero) is 1. The summed E-state index contributed by atoms with van der Waals surface area (Å²) in [7, 11) is 0. The molecule has 0 bridgehead atoms. The van der Waals surface area contributed by atoms with E-state index < -0.39 is 22.2 Å². The molecule has 0 spiro atoms. The van der Waals surface area contributed by atoms with Crippen molar-refractivity contribution in [2.75, 3.05) is 0 Å². The summed E-state index contributed by atoms with van der Waals surface area (Å²) in [5, 5.41) is 14.6. The van der Waals surface area contributed by atoms with Crippen LogP contribution in [0.2, 0.25) is 0 Å². The maximum absolute atomic E-state index is 12.8. The zero-order chi connectivity index (χ0) is 20.3. The molecule has 2 rings (SSSR count).